The van der Waals surface area contributed by atoms with E-state index in [4.69, 9.17) is 58.0 Å². The molecule has 0 radical (unpaired) electrons. The van der Waals surface area contributed by atoms with Crippen molar-refractivity contribution in [1.29, 1.82) is 0 Å². The van der Waals surface area contributed by atoms with E-state index in [0.29, 0.717) is 25.9 Å². The maximum atomic E-state index is 12.1. The summed E-state index contributed by atoms with van der Waals surface area (Å²) in [6.07, 6.45) is 0.904. The fraction of sp³-hybridized carbons (Fsp3) is 0.385. The van der Waals surface area contributed by atoms with E-state index in [2.05, 4.69) is 5.32 Å². The Morgan fingerprint density at radius 2 is 1.36 bits per heavy atom. The third-order valence-corrected chi connectivity index (χ3v) is 5.53. The molecule has 0 aromatic heterocycles. The van der Waals surface area contributed by atoms with Crippen molar-refractivity contribution in [3.63, 3.8) is 0 Å². The van der Waals surface area contributed by atoms with Gasteiger partial charge in [0.15, 0.2) is 0 Å². The lowest BCUT2D eigenvalue weighted by atomic mass is 10.1. The van der Waals surface area contributed by atoms with Gasteiger partial charge in [0, 0.05) is 25.9 Å². The largest absolute Gasteiger partial charge is 0.322 e. The predicted molar refractivity (Wildman–Crippen MR) is 90.8 cm³/mol. The first kappa shape index (κ1) is 18.1. The number of ketones is 1. The van der Waals surface area contributed by atoms with Crippen LogP contribution in [0.4, 0.5) is 5.69 Å². The lowest BCUT2D eigenvalue weighted by Crippen LogP contribution is -2.39. The molecule has 1 amide bonds. The van der Waals surface area contributed by atoms with Gasteiger partial charge in [0.25, 0.3) is 0 Å². The van der Waals surface area contributed by atoms with E-state index in [9.17, 15) is 9.59 Å². The highest BCUT2D eigenvalue weighted by Crippen LogP contribution is 2.46. The molecule has 1 aliphatic rings. The quantitative estimate of drug-likeness (QED) is 0.594. The fourth-order valence-corrected chi connectivity index (χ4v) is 3.29. The van der Waals surface area contributed by atoms with Crippen molar-refractivity contribution in [2.24, 2.45) is 0 Å². The summed E-state index contributed by atoms with van der Waals surface area (Å²) in [6, 6.07) is 0. The van der Waals surface area contributed by atoms with Gasteiger partial charge in [0.1, 0.15) is 5.78 Å². The second kappa shape index (κ2) is 7.56. The number of nitrogens with one attached hydrogen (secondary N) is 1. The minimum Gasteiger partial charge on any atom is -0.322 e. The number of amides is 1. The molecule has 2 rings (SSSR count). The van der Waals surface area contributed by atoms with Crippen molar-refractivity contribution in [3.8, 4) is 0 Å². The van der Waals surface area contributed by atoms with E-state index in [1.165, 1.54) is 0 Å². The SMILES string of the molecule is O=C1CCN(CC(=O)Nc2c(Cl)c(Cl)c(Cl)c(Cl)c2Cl)CC1. The van der Waals surface area contributed by atoms with Crippen LogP contribution in [-0.4, -0.2) is 36.2 Å². The summed E-state index contributed by atoms with van der Waals surface area (Å²) in [5.74, 6) is -0.119. The second-order valence-corrected chi connectivity index (χ2v) is 6.70. The third kappa shape index (κ3) is 3.99. The van der Waals surface area contributed by atoms with Crippen molar-refractivity contribution in [3.05, 3.63) is 25.1 Å². The molecule has 22 heavy (non-hydrogen) atoms. The average molecular weight is 405 g/mol. The molecular weight excluding hydrogens is 393 g/mol. The molecule has 1 aromatic carbocycles. The van der Waals surface area contributed by atoms with Crippen LogP contribution in [0.25, 0.3) is 0 Å². The number of anilines is 1. The fourth-order valence-electron chi connectivity index (χ4n) is 2.06. The van der Waals surface area contributed by atoms with Gasteiger partial charge in [-0.25, -0.2) is 0 Å². The van der Waals surface area contributed by atoms with E-state index in [1.807, 2.05) is 4.90 Å². The van der Waals surface area contributed by atoms with Gasteiger partial charge in [-0.05, 0) is 0 Å². The molecule has 1 aliphatic heterocycles. The Labute approximate surface area is 152 Å². The zero-order chi connectivity index (χ0) is 16.4. The number of hydrogen-bond donors (Lipinski definition) is 1. The van der Waals surface area contributed by atoms with Crippen LogP contribution in [0.3, 0.4) is 0 Å². The number of Topliss-reactive ketones (excluding diaryl/α,β-unsaturated/α-hetero) is 1. The van der Waals surface area contributed by atoms with Crippen molar-refractivity contribution in [2.75, 3.05) is 25.0 Å². The Morgan fingerprint density at radius 3 is 1.86 bits per heavy atom. The van der Waals surface area contributed by atoms with Crippen LogP contribution in [0.5, 0.6) is 0 Å². The molecule has 0 saturated carbocycles. The second-order valence-electron chi connectivity index (χ2n) is 4.81. The molecule has 4 nitrogen and oxygen atoms in total. The molecule has 1 N–H and O–H groups in total. The van der Waals surface area contributed by atoms with Crippen molar-refractivity contribution >= 4 is 75.4 Å². The van der Waals surface area contributed by atoms with Gasteiger partial charge >= 0.3 is 0 Å². The van der Waals surface area contributed by atoms with Crippen molar-refractivity contribution < 1.29 is 9.59 Å². The molecule has 0 atom stereocenters. The standard InChI is InChI=1S/C13H11Cl5N2O2/c14-8-9(15)11(17)13(12(18)10(8)16)19-7(22)5-20-3-1-6(21)2-4-20/h1-5H2,(H,19,22). The summed E-state index contributed by atoms with van der Waals surface area (Å²) in [6.45, 7) is 1.23. The molecule has 1 fully saturated rings. The lowest BCUT2D eigenvalue weighted by molar-refractivity contribution is -0.124. The summed E-state index contributed by atoms with van der Waals surface area (Å²) in [5.41, 5.74) is 0.126. The minimum absolute atomic E-state index is 0.0246. The number of likely N-dealkylation sites (tertiary alicyclic amines) is 1. The number of piperidine rings is 1. The molecule has 0 unspecified atom stereocenters. The zero-order valence-corrected chi connectivity index (χ0v) is 15.0. The van der Waals surface area contributed by atoms with Crippen LogP contribution < -0.4 is 5.32 Å². The van der Waals surface area contributed by atoms with Crippen LogP contribution in [0.1, 0.15) is 12.8 Å². The Balaban J connectivity index is 2.10. The number of carbonyl (C=O) groups is 2. The van der Waals surface area contributed by atoms with E-state index < -0.39 is 0 Å². The highest BCUT2D eigenvalue weighted by Gasteiger charge is 2.23. The number of benzene rings is 1. The van der Waals surface area contributed by atoms with Gasteiger partial charge in [0.05, 0.1) is 37.3 Å². The van der Waals surface area contributed by atoms with Gasteiger partial charge in [0.2, 0.25) is 5.91 Å². The number of halogens is 5. The third-order valence-electron chi connectivity index (χ3n) is 3.26. The smallest absolute Gasteiger partial charge is 0.238 e. The molecule has 1 aromatic rings. The van der Waals surface area contributed by atoms with Crippen LogP contribution in [-0.2, 0) is 9.59 Å². The van der Waals surface area contributed by atoms with Gasteiger partial charge in [-0.3, -0.25) is 14.5 Å². The monoisotopic (exact) mass is 402 g/mol. The highest BCUT2D eigenvalue weighted by molar-refractivity contribution is 6.56. The Kier molecular flexibility index (Phi) is 6.22. The summed E-state index contributed by atoms with van der Waals surface area (Å²) >= 11 is 29.9. The van der Waals surface area contributed by atoms with E-state index >= 15 is 0 Å². The molecular formula is C13H11Cl5N2O2. The van der Waals surface area contributed by atoms with Crippen LogP contribution in [0.2, 0.25) is 25.1 Å². The van der Waals surface area contributed by atoms with E-state index in [1.54, 1.807) is 0 Å². The summed E-state index contributed by atoms with van der Waals surface area (Å²) < 4.78 is 0. The maximum Gasteiger partial charge on any atom is 0.238 e. The first-order chi connectivity index (χ1) is 10.3. The molecule has 9 heteroatoms. The van der Waals surface area contributed by atoms with Crippen LogP contribution in [0.15, 0.2) is 0 Å². The molecule has 0 bridgehead atoms. The maximum absolute atomic E-state index is 12.1. The summed E-state index contributed by atoms with van der Waals surface area (Å²) in [7, 11) is 0. The minimum atomic E-state index is -0.326. The highest BCUT2D eigenvalue weighted by atomic mass is 35.5. The molecule has 1 saturated heterocycles. The van der Waals surface area contributed by atoms with Crippen molar-refractivity contribution in [2.45, 2.75) is 12.8 Å². The van der Waals surface area contributed by atoms with Crippen LogP contribution in [0, 0.1) is 0 Å². The molecule has 120 valence electrons. The number of rotatable bonds is 3. The molecule has 1 heterocycles. The van der Waals surface area contributed by atoms with Gasteiger partial charge < -0.3 is 5.32 Å². The van der Waals surface area contributed by atoms with Crippen LogP contribution >= 0.6 is 58.0 Å². The van der Waals surface area contributed by atoms with E-state index in [0.717, 1.165) is 0 Å². The summed E-state index contributed by atoms with van der Waals surface area (Å²) in [4.78, 5) is 25.2. The first-order valence-corrected chi connectivity index (χ1v) is 8.25. The molecule has 0 spiro atoms. The zero-order valence-electron chi connectivity index (χ0n) is 11.2. The first-order valence-electron chi connectivity index (χ1n) is 6.36. The Bertz CT molecular complexity index is 596. The lowest BCUT2D eigenvalue weighted by Gasteiger charge is -2.25. The number of nitrogens with zero attached hydrogens (tertiary/aromatic N) is 1. The van der Waals surface area contributed by atoms with Crippen molar-refractivity contribution in [1.82, 2.24) is 4.90 Å². The normalized spacial score (nSPS) is 16.0. The number of carbonyl (C=O) groups excluding carboxylic acids is 2. The number of hydrogen-bond acceptors (Lipinski definition) is 3. The summed E-state index contributed by atoms with van der Waals surface area (Å²) in [5, 5.41) is 2.73. The Hall–Kier alpha value is -0.230. The van der Waals surface area contributed by atoms with E-state index in [-0.39, 0.29) is 49.0 Å². The van der Waals surface area contributed by atoms with Gasteiger partial charge in [-0.15, -0.1) is 0 Å². The Morgan fingerprint density at radius 1 is 0.909 bits per heavy atom. The topological polar surface area (TPSA) is 49.4 Å². The van der Waals surface area contributed by atoms with Gasteiger partial charge in [-0.2, -0.15) is 0 Å². The predicted octanol–water partition coefficient (Wildman–Crippen LogP) is 4.56. The van der Waals surface area contributed by atoms with Gasteiger partial charge in [-0.1, -0.05) is 58.0 Å². The molecule has 0 aliphatic carbocycles. The average Bonchev–Trinajstić information content (AvgIpc) is 2.50.